The summed E-state index contributed by atoms with van der Waals surface area (Å²) in [6.07, 6.45) is 0. The van der Waals surface area contributed by atoms with Crippen LogP contribution in [-0.2, 0) is 0 Å². The van der Waals surface area contributed by atoms with Crippen molar-refractivity contribution in [3.63, 3.8) is 0 Å². The van der Waals surface area contributed by atoms with Gasteiger partial charge in [-0.1, -0.05) is 32.1 Å². The molecular weight excluding hydrogens is 268 g/mol. The average molecular weight is 288 g/mol. The highest BCUT2D eigenvalue weighted by atomic mass is 32.1. The Bertz CT molecular complexity index is 689. The number of aromatic amines is 1. The van der Waals surface area contributed by atoms with Crippen LogP contribution in [0.25, 0.3) is 11.4 Å². The minimum Gasteiger partial charge on any atom is -0.496 e. The van der Waals surface area contributed by atoms with Crippen LogP contribution in [-0.4, -0.2) is 17.1 Å². The number of nitrogens with zero attached hydrogens (tertiary/aromatic N) is 1. The van der Waals surface area contributed by atoms with Crippen molar-refractivity contribution in [2.45, 2.75) is 33.6 Å². The maximum atomic E-state index is 5.44. The van der Waals surface area contributed by atoms with Crippen LogP contribution < -0.4 is 4.74 Å². The van der Waals surface area contributed by atoms with Crippen molar-refractivity contribution in [1.29, 1.82) is 0 Å². The summed E-state index contributed by atoms with van der Waals surface area (Å²) in [5, 5.41) is 0. The Balaban J connectivity index is 2.63. The second-order valence-electron chi connectivity index (χ2n) is 5.29. The van der Waals surface area contributed by atoms with Crippen molar-refractivity contribution in [3.05, 3.63) is 39.7 Å². The van der Waals surface area contributed by atoms with Crippen LogP contribution in [0.1, 0.15) is 36.6 Å². The van der Waals surface area contributed by atoms with E-state index in [0.717, 1.165) is 34.0 Å². The van der Waals surface area contributed by atoms with Gasteiger partial charge in [0.15, 0.2) is 0 Å². The lowest BCUT2D eigenvalue weighted by Crippen LogP contribution is -2.02. The van der Waals surface area contributed by atoms with E-state index < -0.39 is 0 Å². The molecule has 0 saturated carbocycles. The highest BCUT2D eigenvalue weighted by Gasteiger charge is 2.13. The summed E-state index contributed by atoms with van der Waals surface area (Å²) < 4.78 is 6.10. The van der Waals surface area contributed by atoms with Gasteiger partial charge < -0.3 is 9.72 Å². The van der Waals surface area contributed by atoms with Crippen molar-refractivity contribution in [3.8, 4) is 17.1 Å². The van der Waals surface area contributed by atoms with Gasteiger partial charge >= 0.3 is 0 Å². The van der Waals surface area contributed by atoms with Crippen LogP contribution in [0.5, 0.6) is 5.75 Å². The van der Waals surface area contributed by atoms with Gasteiger partial charge in [-0.15, -0.1) is 0 Å². The molecular formula is C16H20N2OS. The fraction of sp³-hybridized carbons (Fsp3) is 0.375. The van der Waals surface area contributed by atoms with Gasteiger partial charge in [0, 0.05) is 11.3 Å². The van der Waals surface area contributed by atoms with E-state index >= 15 is 0 Å². The first-order chi connectivity index (χ1) is 9.43. The van der Waals surface area contributed by atoms with Gasteiger partial charge in [0.05, 0.1) is 12.7 Å². The third-order valence-electron chi connectivity index (χ3n) is 3.34. The summed E-state index contributed by atoms with van der Waals surface area (Å²) in [7, 11) is 1.67. The number of aromatic nitrogens is 2. The minimum atomic E-state index is 0.361. The lowest BCUT2D eigenvalue weighted by atomic mass is 10.0. The van der Waals surface area contributed by atoms with E-state index in [4.69, 9.17) is 17.0 Å². The van der Waals surface area contributed by atoms with Gasteiger partial charge in [0.2, 0.25) is 0 Å². The first kappa shape index (κ1) is 14.7. The second kappa shape index (κ2) is 5.75. The Morgan fingerprint density at radius 3 is 2.50 bits per heavy atom. The molecule has 3 nitrogen and oxygen atoms in total. The maximum absolute atomic E-state index is 5.44. The molecule has 1 heterocycles. The Morgan fingerprint density at radius 1 is 1.25 bits per heavy atom. The van der Waals surface area contributed by atoms with Crippen LogP contribution in [0.3, 0.4) is 0 Å². The van der Waals surface area contributed by atoms with Crippen LogP contribution in [0, 0.1) is 18.5 Å². The van der Waals surface area contributed by atoms with Crippen molar-refractivity contribution in [2.75, 3.05) is 7.11 Å². The Hall–Kier alpha value is -1.68. The van der Waals surface area contributed by atoms with Crippen LogP contribution >= 0.6 is 12.2 Å². The quantitative estimate of drug-likeness (QED) is 0.842. The SMILES string of the molecule is COc1cc(C)ccc1-c1nc(=S)c(C(C)C)c(C)[nH]1. The molecule has 1 aromatic heterocycles. The standard InChI is InChI=1S/C16H20N2OS/c1-9(2)14-11(4)17-15(18-16(14)20)12-7-6-10(3)8-13(12)19-5/h6-9H,1-5H3,(H,17,18,20). The number of nitrogens with one attached hydrogen (secondary N) is 1. The molecule has 4 heteroatoms. The monoisotopic (exact) mass is 288 g/mol. The lowest BCUT2D eigenvalue weighted by Gasteiger charge is -2.13. The molecule has 0 aliphatic heterocycles. The molecule has 2 aromatic rings. The third-order valence-corrected chi connectivity index (χ3v) is 3.65. The van der Waals surface area contributed by atoms with Gasteiger partial charge in [-0.3, -0.25) is 0 Å². The molecule has 0 radical (unpaired) electrons. The number of methoxy groups -OCH3 is 1. The molecule has 0 aliphatic rings. The number of aryl methyl sites for hydroxylation is 2. The summed E-state index contributed by atoms with van der Waals surface area (Å²) >= 11 is 5.44. The van der Waals surface area contributed by atoms with Gasteiger partial charge in [-0.05, 0) is 37.5 Å². The number of ether oxygens (including phenoxy) is 1. The Morgan fingerprint density at radius 2 is 1.95 bits per heavy atom. The molecule has 0 amide bonds. The number of benzene rings is 1. The molecule has 0 fully saturated rings. The van der Waals surface area contributed by atoms with Crippen LogP contribution in [0.15, 0.2) is 18.2 Å². The highest BCUT2D eigenvalue weighted by Crippen LogP contribution is 2.30. The van der Waals surface area contributed by atoms with E-state index in [1.165, 1.54) is 0 Å². The van der Waals surface area contributed by atoms with E-state index in [2.05, 4.69) is 23.8 Å². The third kappa shape index (κ3) is 2.75. The predicted molar refractivity (Wildman–Crippen MR) is 85.0 cm³/mol. The summed E-state index contributed by atoms with van der Waals surface area (Å²) in [6.45, 7) is 8.33. The first-order valence-electron chi connectivity index (χ1n) is 6.70. The number of hydrogen-bond acceptors (Lipinski definition) is 3. The molecule has 0 spiro atoms. The van der Waals surface area contributed by atoms with Gasteiger partial charge in [-0.2, -0.15) is 0 Å². The van der Waals surface area contributed by atoms with Crippen molar-refractivity contribution < 1.29 is 4.74 Å². The van der Waals surface area contributed by atoms with Gasteiger partial charge in [0.25, 0.3) is 0 Å². The highest BCUT2D eigenvalue weighted by molar-refractivity contribution is 7.71. The molecule has 0 aliphatic carbocycles. The summed E-state index contributed by atoms with van der Waals surface area (Å²) in [5.41, 5.74) is 4.26. The van der Waals surface area contributed by atoms with Crippen molar-refractivity contribution in [1.82, 2.24) is 9.97 Å². The summed E-state index contributed by atoms with van der Waals surface area (Å²) in [4.78, 5) is 7.89. The van der Waals surface area contributed by atoms with Crippen LogP contribution in [0.2, 0.25) is 0 Å². The number of rotatable bonds is 3. The molecule has 106 valence electrons. The minimum absolute atomic E-state index is 0.361. The van der Waals surface area contributed by atoms with Crippen molar-refractivity contribution >= 4 is 12.2 Å². The molecule has 2 rings (SSSR count). The summed E-state index contributed by atoms with van der Waals surface area (Å²) in [5.74, 6) is 1.92. The molecule has 0 bridgehead atoms. The largest absolute Gasteiger partial charge is 0.496 e. The molecule has 1 aromatic carbocycles. The number of hydrogen-bond donors (Lipinski definition) is 1. The van der Waals surface area contributed by atoms with Crippen molar-refractivity contribution in [2.24, 2.45) is 0 Å². The molecule has 0 atom stereocenters. The van der Waals surface area contributed by atoms with E-state index in [0.29, 0.717) is 10.6 Å². The Kier molecular flexibility index (Phi) is 4.23. The smallest absolute Gasteiger partial charge is 0.142 e. The summed E-state index contributed by atoms with van der Waals surface area (Å²) in [6, 6.07) is 6.05. The van der Waals surface area contributed by atoms with Crippen LogP contribution in [0.4, 0.5) is 0 Å². The van der Waals surface area contributed by atoms with E-state index in [9.17, 15) is 0 Å². The van der Waals surface area contributed by atoms with E-state index in [1.807, 2.05) is 32.0 Å². The number of H-pyrrole nitrogens is 1. The van der Waals surface area contributed by atoms with E-state index in [1.54, 1.807) is 7.11 Å². The maximum Gasteiger partial charge on any atom is 0.142 e. The van der Waals surface area contributed by atoms with Gasteiger partial charge in [0.1, 0.15) is 16.2 Å². The predicted octanol–water partition coefficient (Wildman–Crippen LogP) is 4.56. The molecule has 20 heavy (non-hydrogen) atoms. The first-order valence-corrected chi connectivity index (χ1v) is 7.10. The average Bonchev–Trinajstić information content (AvgIpc) is 2.37. The zero-order valence-corrected chi connectivity index (χ0v) is 13.4. The molecule has 0 unspecified atom stereocenters. The molecule has 0 saturated heterocycles. The zero-order valence-electron chi connectivity index (χ0n) is 12.6. The second-order valence-corrected chi connectivity index (χ2v) is 5.67. The fourth-order valence-electron chi connectivity index (χ4n) is 2.40. The Labute approximate surface area is 125 Å². The van der Waals surface area contributed by atoms with Gasteiger partial charge in [-0.25, -0.2) is 4.98 Å². The fourth-order valence-corrected chi connectivity index (χ4v) is 2.88. The normalized spacial score (nSPS) is 10.9. The molecule has 1 N–H and O–H groups in total. The van der Waals surface area contributed by atoms with E-state index in [-0.39, 0.29) is 0 Å². The zero-order chi connectivity index (χ0) is 14.9. The topological polar surface area (TPSA) is 37.9 Å². The lowest BCUT2D eigenvalue weighted by molar-refractivity contribution is 0.416.